The van der Waals surface area contributed by atoms with Crippen molar-refractivity contribution < 1.29 is 22.8 Å². The van der Waals surface area contributed by atoms with E-state index in [9.17, 15) is 22.8 Å². The number of rotatable bonds is 3. The van der Waals surface area contributed by atoms with Crippen molar-refractivity contribution in [1.29, 1.82) is 0 Å². The van der Waals surface area contributed by atoms with Crippen molar-refractivity contribution in [1.82, 2.24) is 0 Å². The minimum atomic E-state index is -4.50. The lowest BCUT2D eigenvalue weighted by Crippen LogP contribution is -2.28. The van der Waals surface area contributed by atoms with E-state index < -0.39 is 23.6 Å². The topological polar surface area (TPSA) is 49.4 Å². The Hall–Kier alpha value is -2.54. The van der Waals surface area contributed by atoms with Crippen LogP contribution in [0.25, 0.3) is 0 Å². The van der Waals surface area contributed by atoms with Gasteiger partial charge >= 0.3 is 6.18 Å². The molecule has 1 fully saturated rings. The molecule has 8 heteroatoms. The van der Waals surface area contributed by atoms with E-state index in [4.69, 9.17) is 11.6 Å². The molecular weight excluding hydrogens is 381 g/mol. The first-order valence-electron chi connectivity index (χ1n) is 8.20. The van der Waals surface area contributed by atoms with E-state index >= 15 is 0 Å². The summed E-state index contributed by atoms with van der Waals surface area (Å²) in [5.74, 6) is -1.43. The number of amides is 2. The molecular formula is C19H16ClF3N2O2. The summed E-state index contributed by atoms with van der Waals surface area (Å²) in [6, 6.07) is 9.58. The van der Waals surface area contributed by atoms with Gasteiger partial charge in [-0.3, -0.25) is 9.59 Å². The van der Waals surface area contributed by atoms with Gasteiger partial charge in [0.2, 0.25) is 11.8 Å². The highest BCUT2D eigenvalue weighted by Gasteiger charge is 2.37. The molecule has 1 heterocycles. The fourth-order valence-electron chi connectivity index (χ4n) is 2.90. The summed E-state index contributed by atoms with van der Waals surface area (Å²) in [5, 5.41) is 3.20. The van der Waals surface area contributed by atoms with Gasteiger partial charge in [0.1, 0.15) is 0 Å². The number of halogens is 4. The van der Waals surface area contributed by atoms with Crippen LogP contribution < -0.4 is 10.2 Å². The van der Waals surface area contributed by atoms with Gasteiger partial charge in [-0.1, -0.05) is 23.7 Å². The lowest BCUT2D eigenvalue weighted by Gasteiger charge is -2.18. The van der Waals surface area contributed by atoms with Crippen LogP contribution in [0.3, 0.4) is 0 Å². The number of alkyl halides is 3. The van der Waals surface area contributed by atoms with Crippen LogP contribution in [0, 0.1) is 12.8 Å². The van der Waals surface area contributed by atoms with Crippen LogP contribution in [0.2, 0.25) is 5.02 Å². The number of anilines is 2. The molecule has 0 aromatic heterocycles. The third kappa shape index (κ3) is 4.24. The monoisotopic (exact) mass is 396 g/mol. The van der Waals surface area contributed by atoms with Crippen LogP contribution in [0.5, 0.6) is 0 Å². The van der Waals surface area contributed by atoms with Gasteiger partial charge in [0.05, 0.1) is 11.5 Å². The number of nitrogens with zero attached hydrogens (tertiary/aromatic N) is 1. The lowest BCUT2D eigenvalue weighted by atomic mass is 10.1. The predicted molar refractivity (Wildman–Crippen MR) is 96.7 cm³/mol. The van der Waals surface area contributed by atoms with Crippen LogP contribution in [0.4, 0.5) is 24.5 Å². The summed E-state index contributed by atoms with van der Waals surface area (Å²) < 4.78 is 38.6. The summed E-state index contributed by atoms with van der Waals surface area (Å²) in [5.41, 5.74) is 0.653. The SMILES string of the molecule is Cc1ccc(NC(=O)[C@H]2CC(=O)N(c3cccc(C(F)(F)F)c3)C2)cc1Cl. The smallest absolute Gasteiger partial charge is 0.326 e. The van der Waals surface area contributed by atoms with E-state index in [1.165, 1.54) is 17.0 Å². The highest BCUT2D eigenvalue weighted by Crippen LogP contribution is 2.33. The first-order valence-corrected chi connectivity index (χ1v) is 8.57. The molecule has 142 valence electrons. The van der Waals surface area contributed by atoms with Gasteiger partial charge in [0, 0.05) is 29.4 Å². The van der Waals surface area contributed by atoms with Gasteiger partial charge in [0.25, 0.3) is 0 Å². The molecule has 4 nitrogen and oxygen atoms in total. The van der Waals surface area contributed by atoms with E-state index in [-0.39, 0.29) is 24.6 Å². The van der Waals surface area contributed by atoms with E-state index in [2.05, 4.69) is 5.32 Å². The number of carbonyl (C=O) groups excluding carboxylic acids is 2. The average molecular weight is 397 g/mol. The quantitative estimate of drug-likeness (QED) is 0.820. The largest absolute Gasteiger partial charge is 0.416 e. The number of nitrogens with one attached hydrogen (secondary N) is 1. The molecule has 2 aromatic carbocycles. The maximum atomic E-state index is 12.9. The number of aryl methyl sites for hydroxylation is 1. The molecule has 1 saturated heterocycles. The molecule has 1 aliphatic rings. The van der Waals surface area contributed by atoms with Crippen molar-refractivity contribution in [2.45, 2.75) is 19.5 Å². The molecule has 0 spiro atoms. The summed E-state index contributed by atoms with van der Waals surface area (Å²) in [4.78, 5) is 25.9. The van der Waals surface area contributed by atoms with Gasteiger partial charge in [-0.15, -0.1) is 0 Å². The molecule has 1 atom stereocenters. The van der Waals surface area contributed by atoms with Crippen LogP contribution in [-0.2, 0) is 15.8 Å². The van der Waals surface area contributed by atoms with Crippen LogP contribution in [-0.4, -0.2) is 18.4 Å². The van der Waals surface area contributed by atoms with Crippen molar-refractivity contribution in [3.05, 3.63) is 58.6 Å². The Morgan fingerprint density at radius 1 is 1.22 bits per heavy atom. The Kier molecular flexibility index (Phi) is 5.15. The molecule has 1 N–H and O–H groups in total. The highest BCUT2D eigenvalue weighted by molar-refractivity contribution is 6.31. The third-order valence-electron chi connectivity index (χ3n) is 4.42. The summed E-state index contributed by atoms with van der Waals surface area (Å²) in [6.45, 7) is 1.85. The van der Waals surface area contributed by atoms with Crippen molar-refractivity contribution in [3.8, 4) is 0 Å². The summed E-state index contributed by atoms with van der Waals surface area (Å²) in [6.07, 6.45) is -4.57. The number of hydrogen-bond donors (Lipinski definition) is 1. The minimum absolute atomic E-state index is 0.0194. The molecule has 0 radical (unpaired) electrons. The second-order valence-electron chi connectivity index (χ2n) is 6.41. The zero-order valence-corrected chi connectivity index (χ0v) is 15.1. The van der Waals surface area contributed by atoms with Gasteiger partial charge in [0.15, 0.2) is 0 Å². The molecule has 0 unspecified atom stereocenters. The Bertz CT molecular complexity index is 899. The van der Waals surface area contributed by atoms with Crippen molar-refractivity contribution in [2.24, 2.45) is 5.92 Å². The highest BCUT2D eigenvalue weighted by atomic mass is 35.5. The fraction of sp³-hybridized carbons (Fsp3) is 0.263. The van der Waals surface area contributed by atoms with Gasteiger partial charge in [-0.25, -0.2) is 0 Å². The fourth-order valence-corrected chi connectivity index (χ4v) is 3.08. The minimum Gasteiger partial charge on any atom is -0.326 e. The number of benzene rings is 2. The zero-order valence-electron chi connectivity index (χ0n) is 14.3. The third-order valence-corrected chi connectivity index (χ3v) is 4.83. The molecule has 1 aliphatic heterocycles. The Morgan fingerprint density at radius 3 is 2.63 bits per heavy atom. The average Bonchev–Trinajstić information content (AvgIpc) is 2.99. The van der Waals surface area contributed by atoms with Crippen LogP contribution >= 0.6 is 11.6 Å². The summed E-state index contributed by atoms with van der Waals surface area (Å²) in [7, 11) is 0. The number of carbonyl (C=O) groups is 2. The van der Waals surface area contributed by atoms with Gasteiger partial charge in [-0.2, -0.15) is 13.2 Å². The van der Waals surface area contributed by atoms with E-state index in [0.29, 0.717) is 10.7 Å². The molecule has 0 saturated carbocycles. The maximum absolute atomic E-state index is 12.9. The normalized spacial score (nSPS) is 17.3. The molecule has 0 bridgehead atoms. The van der Waals surface area contributed by atoms with E-state index in [0.717, 1.165) is 17.7 Å². The Labute approximate surface area is 158 Å². The van der Waals surface area contributed by atoms with Crippen LogP contribution in [0.1, 0.15) is 17.5 Å². The standard InChI is InChI=1S/C19H16ClF3N2O2/c1-11-5-6-14(9-16(11)20)24-18(27)12-7-17(26)25(10-12)15-4-2-3-13(8-15)19(21,22)23/h2-6,8-9,12H,7,10H2,1H3,(H,24,27)/t12-/m0/s1. The van der Waals surface area contributed by atoms with Crippen LogP contribution in [0.15, 0.2) is 42.5 Å². The predicted octanol–water partition coefficient (Wildman–Crippen LogP) is 4.66. The van der Waals surface area contributed by atoms with E-state index in [1.807, 2.05) is 6.92 Å². The second kappa shape index (κ2) is 7.23. The summed E-state index contributed by atoms with van der Waals surface area (Å²) >= 11 is 6.03. The van der Waals surface area contributed by atoms with Crippen molar-refractivity contribution in [2.75, 3.05) is 16.8 Å². The van der Waals surface area contributed by atoms with Gasteiger partial charge < -0.3 is 10.2 Å². The molecule has 3 rings (SSSR count). The van der Waals surface area contributed by atoms with Crippen molar-refractivity contribution in [3.63, 3.8) is 0 Å². The molecule has 0 aliphatic carbocycles. The first kappa shape index (κ1) is 19.2. The zero-order chi connectivity index (χ0) is 19.8. The van der Waals surface area contributed by atoms with E-state index in [1.54, 1.807) is 18.2 Å². The molecule has 2 aromatic rings. The lowest BCUT2D eigenvalue weighted by molar-refractivity contribution is -0.137. The second-order valence-corrected chi connectivity index (χ2v) is 6.81. The maximum Gasteiger partial charge on any atom is 0.416 e. The molecule has 27 heavy (non-hydrogen) atoms. The van der Waals surface area contributed by atoms with Crippen molar-refractivity contribution >= 4 is 34.8 Å². The molecule has 2 amide bonds. The first-order chi connectivity index (χ1) is 12.6. The Balaban J connectivity index is 1.73. The number of hydrogen-bond acceptors (Lipinski definition) is 2. The van der Waals surface area contributed by atoms with Gasteiger partial charge in [-0.05, 0) is 42.8 Å². The Morgan fingerprint density at radius 2 is 1.96 bits per heavy atom.